The van der Waals surface area contributed by atoms with E-state index >= 15 is 0 Å². The average molecular weight is 281 g/mol. The van der Waals surface area contributed by atoms with Crippen molar-refractivity contribution in [3.05, 3.63) is 27.9 Å². The molecule has 20 heavy (non-hydrogen) atoms. The Hall–Kier alpha value is -2.71. The van der Waals surface area contributed by atoms with Gasteiger partial charge >= 0.3 is 0 Å². The van der Waals surface area contributed by atoms with Crippen LogP contribution in [-0.4, -0.2) is 34.8 Å². The number of nitrogens with zero attached hydrogens (tertiary/aromatic N) is 2. The zero-order valence-electron chi connectivity index (χ0n) is 10.9. The zero-order valence-corrected chi connectivity index (χ0v) is 10.9. The van der Waals surface area contributed by atoms with Crippen LogP contribution >= 0.6 is 0 Å². The number of carbonyl (C=O) groups is 2. The number of nitrogens with one attached hydrogen (secondary N) is 2. The lowest BCUT2D eigenvalue weighted by atomic mass is 10.2. The Balaban J connectivity index is 2.74. The fourth-order valence-electron chi connectivity index (χ4n) is 1.37. The number of anilines is 1. The number of hydrogen-bond donors (Lipinski definition) is 3. The van der Waals surface area contributed by atoms with Gasteiger partial charge in [-0.15, -0.1) is 0 Å². The molecular formula is C11H15N5O4. The van der Waals surface area contributed by atoms with E-state index in [9.17, 15) is 19.7 Å². The number of pyridine rings is 1. The van der Waals surface area contributed by atoms with Crippen molar-refractivity contribution in [1.82, 2.24) is 15.6 Å². The molecule has 1 aromatic rings. The fourth-order valence-corrected chi connectivity index (χ4v) is 1.37. The summed E-state index contributed by atoms with van der Waals surface area (Å²) in [5.41, 5.74) is 4.70. The van der Waals surface area contributed by atoms with Gasteiger partial charge in [0.25, 0.3) is 11.6 Å². The van der Waals surface area contributed by atoms with Crippen molar-refractivity contribution in [1.29, 1.82) is 0 Å². The molecule has 0 aliphatic carbocycles. The number of carbonyl (C=O) groups excluding carboxylic acids is 2. The van der Waals surface area contributed by atoms with Crippen LogP contribution in [0.15, 0.2) is 12.3 Å². The van der Waals surface area contributed by atoms with Gasteiger partial charge in [-0.1, -0.05) is 6.92 Å². The third-order valence-electron chi connectivity index (χ3n) is 2.33. The molecule has 0 unspecified atom stereocenters. The van der Waals surface area contributed by atoms with Gasteiger partial charge in [0.1, 0.15) is 17.6 Å². The quantitative estimate of drug-likeness (QED) is 0.488. The number of rotatable bonds is 6. The molecule has 0 spiro atoms. The zero-order chi connectivity index (χ0) is 15.1. The van der Waals surface area contributed by atoms with Crippen molar-refractivity contribution in [2.24, 2.45) is 0 Å². The molecule has 0 saturated carbocycles. The van der Waals surface area contributed by atoms with E-state index in [-0.39, 0.29) is 23.8 Å². The minimum Gasteiger partial charge on any atom is -0.384 e. The molecule has 1 aromatic heterocycles. The second kappa shape index (κ2) is 7.02. The molecule has 0 saturated heterocycles. The molecule has 2 amide bonds. The average Bonchev–Trinajstić information content (AvgIpc) is 2.41. The van der Waals surface area contributed by atoms with Crippen LogP contribution in [-0.2, 0) is 4.79 Å². The topological polar surface area (TPSA) is 140 Å². The van der Waals surface area contributed by atoms with E-state index in [1.807, 2.05) is 6.92 Å². The Bertz CT molecular complexity index is 532. The lowest BCUT2D eigenvalue weighted by Gasteiger charge is -2.06. The lowest BCUT2D eigenvalue weighted by molar-refractivity contribution is -0.385. The van der Waals surface area contributed by atoms with Crippen molar-refractivity contribution < 1.29 is 14.5 Å². The van der Waals surface area contributed by atoms with Crippen molar-refractivity contribution in [2.45, 2.75) is 13.3 Å². The van der Waals surface area contributed by atoms with E-state index < -0.39 is 16.5 Å². The maximum absolute atomic E-state index is 11.8. The van der Waals surface area contributed by atoms with Crippen molar-refractivity contribution in [3.63, 3.8) is 0 Å². The highest BCUT2D eigenvalue weighted by Crippen LogP contribution is 2.18. The molecule has 0 aliphatic rings. The normalized spacial score (nSPS) is 9.85. The molecule has 0 radical (unpaired) electrons. The summed E-state index contributed by atoms with van der Waals surface area (Å²) in [4.78, 5) is 36.7. The van der Waals surface area contributed by atoms with Crippen LogP contribution in [0.25, 0.3) is 0 Å². The predicted octanol–water partition coefficient (Wildman–Crippen LogP) is -0.172. The van der Waals surface area contributed by atoms with E-state index in [1.54, 1.807) is 0 Å². The first-order chi connectivity index (χ1) is 9.45. The van der Waals surface area contributed by atoms with Crippen LogP contribution in [0.3, 0.4) is 0 Å². The molecular weight excluding hydrogens is 266 g/mol. The second-order valence-electron chi connectivity index (χ2n) is 3.92. The highest BCUT2D eigenvalue weighted by Gasteiger charge is 2.21. The number of nitrogens with two attached hydrogens (primary N) is 1. The summed E-state index contributed by atoms with van der Waals surface area (Å²) in [6.07, 6.45) is 1.67. The molecule has 0 bridgehead atoms. The Labute approximate surface area is 114 Å². The number of amides is 2. The molecule has 4 N–H and O–H groups in total. The van der Waals surface area contributed by atoms with Gasteiger partial charge in [-0.25, -0.2) is 4.98 Å². The Morgan fingerprint density at radius 3 is 2.75 bits per heavy atom. The number of nitrogen functional groups attached to an aromatic ring is 1. The number of nitro groups is 1. The molecule has 0 fully saturated rings. The summed E-state index contributed by atoms with van der Waals surface area (Å²) in [5.74, 6) is -1.14. The predicted molar refractivity (Wildman–Crippen MR) is 70.9 cm³/mol. The summed E-state index contributed by atoms with van der Waals surface area (Å²) >= 11 is 0. The first-order valence-corrected chi connectivity index (χ1v) is 5.90. The first-order valence-electron chi connectivity index (χ1n) is 5.90. The first kappa shape index (κ1) is 15.3. The smallest absolute Gasteiger partial charge is 0.300 e. The number of aromatic nitrogens is 1. The summed E-state index contributed by atoms with van der Waals surface area (Å²) < 4.78 is 0. The van der Waals surface area contributed by atoms with Crippen LogP contribution < -0.4 is 16.4 Å². The Morgan fingerprint density at radius 2 is 2.15 bits per heavy atom. The molecule has 1 heterocycles. The minimum absolute atomic E-state index is 0.0174. The summed E-state index contributed by atoms with van der Waals surface area (Å²) in [6, 6.07) is 1.09. The second-order valence-corrected chi connectivity index (χ2v) is 3.92. The van der Waals surface area contributed by atoms with Crippen molar-refractivity contribution in [2.75, 3.05) is 18.8 Å². The standard InChI is InChI=1S/C11H15N5O4/c1-2-3-13-10(17)6-15-11(18)7-4-9(12)14-5-8(7)16(19)20/h4-5H,2-3,6H2,1H3,(H2,12,14)(H,13,17)(H,15,18). The van der Waals surface area contributed by atoms with Gasteiger partial charge in [-0.05, 0) is 12.5 Å². The molecule has 9 heteroatoms. The van der Waals surface area contributed by atoms with Gasteiger partial charge in [0, 0.05) is 6.54 Å². The van der Waals surface area contributed by atoms with Gasteiger partial charge in [-0.2, -0.15) is 0 Å². The number of hydrogen-bond acceptors (Lipinski definition) is 6. The van der Waals surface area contributed by atoms with Gasteiger partial charge in [0.2, 0.25) is 5.91 Å². The monoisotopic (exact) mass is 281 g/mol. The minimum atomic E-state index is -0.752. The van der Waals surface area contributed by atoms with E-state index in [2.05, 4.69) is 15.6 Å². The SMILES string of the molecule is CCCNC(=O)CNC(=O)c1cc(N)ncc1[N+](=O)[O-]. The third-order valence-corrected chi connectivity index (χ3v) is 2.33. The Morgan fingerprint density at radius 1 is 1.45 bits per heavy atom. The van der Waals surface area contributed by atoms with Crippen LogP contribution in [0.5, 0.6) is 0 Å². The largest absolute Gasteiger partial charge is 0.384 e. The van der Waals surface area contributed by atoms with Gasteiger partial charge in [-0.3, -0.25) is 19.7 Å². The fraction of sp³-hybridized carbons (Fsp3) is 0.364. The highest BCUT2D eigenvalue weighted by atomic mass is 16.6. The van der Waals surface area contributed by atoms with Gasteiger partial charge < -0.3 is 16.4 Å². The van der Waals surface area contributed by atoms with Gasteiger partial charge in [0.15, 0.2) is 0 Å². The van der Waals surface area contributed by atoms with Crippen LogP contribution in [0, 0.1) is 10.1 Å². The molecule has 9 nitrogen and oxygen atoms in total. The van der Waals surface area contributed by atoms with Gasteiger partial charge in [0.05, 0.1) is 11.5 Å². The molecule has 0 aliphatic heterocycles. The third kappa shape index (κ3) is 4.19. The lowest BCUT2D eigenvalue weighted by Crippen LogP contribution is -2.37. The molecule has 1 rings (SSSR count). The van der Waals surface area contributed by atoms with E-state index in [0.717, 1.165) is 18.7 Å². The molecule has 0 aromatic carbocycles. The Kier molecular flexibility index (Phi) is 5.39. The van der Waals surface area contributed by atoms with E-state index in [1.165, 1.54) is 0 Å². The summed E-state index contributed by atoms with van der Waals surface area (Å²) in [5, 5.41) is 15.6. The van der Waals surface area contributed by atoms with E-state index in [0.29, 0.717) is 6.54 Å². The maximum atomic E-state index is 11.8. The van der Waals surface area contributed by atoms with Crippen LogP contribution in [0.2, 0.25) is 0 Å². The molecule has 0 atom stereocenters. The van der Waals surface area contributed by atoms with Crippen molar-refractivity contribution >= 4 is 23.3 Å². The molecule has 108 valence electrons. The van der Waals surface area contributed by atoms with Crippen LogP contribution in [0.1, 0.15) is 23.7 Å². The summed E-state index contributed by atoms with van der Waals surface area (Å²) in [6.45, 7) is 2.12. The highest BCUT2D eigenvalue weighted by molar-refractivity contribution is 6.00. The van der Waals surface area contributed by atoms with Crippen molar-refractivity contribution in [3.8, 4) is 0 Å². The maximum Gasteiger partial charge on any atom is 0.300 e. The van der Waals surface area contributed by atoms with Crippen LogP contribution in [0.4, 0.5) is 11.5 Å². The van der Waals surface area contributed by atoms with E-state index in [4.69, 9.17) is 5.73 Å². The summed E-state index contributed by atoms with van der Waals surface area (Å²) in [7, 11) is 0.